The van der Waals surface area contributed by atoms with Gasteiger partial charge in [0.1, 0.15) is 0 Å². The zero-order valence-corrected chi connectivity index (χ0v) is 11.3. The van der Waals surface area contributed by atoms with E-state index in [0.29, 0.717) is 11.3 Å². The molecular formula is C14H20N4O2. The fourth-order valence-corrected chi connectivity index (χ4v) is 2.63. The van der Waals surface area contributed by atoms with Gasteiger partial charge in [-0.05, 0) is 38.1 Å². The monoisotopic (exact) mass is 276 g/mol. The van der Waals surface area contributed by atoms with Gasteiger partial charge in [-0.3, -0.25) is 9.59 Å². The molecule has 0 aromatic heterocycles. The predicted octanol–water partition coefficient (Wildman–Crippen LogP) is -0.171. The van der Waals surface area contributed by atoms with Crippen molar-refractivity contribution in [3.8, 4) is 0 Å². The summed E-state index contributed by atoms with van der Waals surface area (Å²) in [6, 6.07) is 7.26. The minimum atomic E-state index is -0.496. The Hall–Kier alpha value is -2.08. The minimum absolute atomic E-state index is 0.0922. The van der Waals surface area contributed by atoms with Gasteiger partial charge in [-0.25, -0.2) is 0 Å². The molecule has 1 aliphatic heterocycles. The first-order valence-corrected chi connectivity index (χ1v) is 6.74. The second-order valence-electron chi connectivity index (χ2n) is 4.96. The van der Waals surface area contributed by atoms with E-state index >= 15 is 0 Å². The van der Waals surface area contributed by atoms with E-state index in [1.54, 1.807) is 12.1 Å². The molecule has 6 nitrogen and oxygen atoms in total. The number of amides is 2. The molecule has 2 amide bonds. The van der Waals surface area contributed by atoms with Crippen LogP contribution >= 0.6 is 0 Å². The van der Waals surface area contributed by atoms with Gasteiger partial charge in [-0.15, -0.1) is 0 Å². The summed E-state index contributed by atoms with van der Waals surface area (Å²) < 4.78 is 0. The van der Waals surface area contributed by atoms with Crippen LogP contribution in [0.2, 0.25) is 0 Å². The number of nitrogens with one attached hydrogen (secondary N) is 1. The number of hydrogen-bond donors (Lipinski definition) is 3. The molecule has 0 spiro atoms. The third kappa shape index (κ3) is 3.27. The highest BCUT2D eigenvalue weighted by Crippen LogP contribution is 2.25. The summed E-state index contributed by atoms with van der Waals surface area (Å²) >= 11 is 0. The van der Waals surface area contributed by atoms with E-state index < -0.39 is 11.8 Å². The van der Waals surface area contributed by atoms with Gasteiger partial charge in [0.25, 0.3) is 5.91 Å². The van der Waals surface area contributed by atoms with E-state index in [4.69, 9.17) is 11.5 Å². The molecule has 0 atom stereocenters. The van der Waals surface area contributed by atoms with Crippen LogP contribution in [0.15, 0.2) is 24.3 Å². The topological polar surface area (TPSA) is 101 Å². The van der Waals surface area contributed by atoms with Crippen molar-refractivity contribution in [2.75, 3.05) is 24.5 Å². The van der Waals surface area contributed by atoms with E-state index in [2.05, 4.69) is 5.32 Å². The Kier molecular flexibility index (Phi) is 4.57. The van der Waals surface area contributed by atoms with Crippen LogP contribution in [0.3, 0.4) is 0 Å². The van der Waals surface area contributed by atoms with Crippen LogP contribution in [-0.4, -0.2) is 37.5 Å². The Morgan fingerprint density at radius 3 is 2.45 bits per heavy atom. The standard InChI is InChI=1S/C14H20N4O2/c15-13(19)9-18(10-5-7-17-8-6-10)12-4-2-1-3-11(12)14(16)20/h1-4,10,17H,5-9H2,(H2,15,19)(H2,16,20). The molecule has 1 heterocycles. The van der Waals surface area contributed by atoms with Crippen molar-refractivity contribution in [3.05, 3.63) is 29.8 Å². The Labute approximate surface area is 118 Å². The summed E-state index contributed by atoms with van der Waals surface area (Å²) in [5.41, 5.74) is 11.9. The maximum absolute atomic E-state index is 11.6. The van der Waals surface area contributed by atoms with Gasteiger partial charge in [0, 0.05) is 6.04 Å². The summed E-state index contributed by atoms with van der Waals surface area (Å²) in [6.45, 7) is 1.87. The van der Waals surface area contributed by atoms with Crippen LogP contribution in [-0.2, 0) is 4.79 Å². The second kappa shape index (κ2) is 6.38. The highest BCUT2D eigenvalue weighted by Gasteiger charge is 2.25. The molecule has 5 N–H and O–H groups in total. The molecule has 1 aromatic carbocycles. The van der Waals surface area contributed by atoms with Crippen molar-refractivity contribution in [2.24, 2.45) is 11.5 Å². The summed E-state index contributed by atoms with van der Waals surface area (Å²) in [7, 11) is 0. The van der Waals surface area contributed by atoms with Crippen molar-refractivity contribution in [2.45, 2.75) is 18.9 Å². The van der Waals surface area contributed by atoms with Crippen molar-refractivity contribution in [1.29, 1.82) is 0 Å². The van der Waals surface area contributed by atoms with Crippen molar-refractivity contribution in [1.82, 2.24) is 5.32 Å². The largest absolute Gasteiger partial charge is 0.368 e. The lowest BCUT2D eigenvalue weighted by Gasteiger charge is -2.36. The van der Waals surface area contributed by atoms with E-state index in [9.17, 15) is 9.59 Å². The predicted molar refractivity (Wildman–Crippen MR) is 77.4 cm³/mol. The molecule has 0 aliphatic carbocycles. The first-order valence-electron chi connectivity index (χ1n) is 6.74. The summed E-state index contributed by atoms with van der Waals surface area (Å²) in [5.74, 6) is -0.910. The fourth-order valence-electron chi connectivity index (χ4n) is 2.63. The lowest BCUT2D eigenvalue weighted by molar-refractivity contribution is -0.116. The Morgan fingerprint density at radius 1 is 1.20 bits per heavy atom. The van der Waals surface area contributed by atoms with Crippen molar-refractivity contribution < 1.29 is 9.59 Å². The summed E-state index contributed by atoms with van der Waals surface area (Å²) in [5, 5.41) is 3.28. The normalized spacial score (nSPS) is 15.8. The number of rotatable bonds is 5. The zero-order chi connectivity index (χ0) is 14.5. The smallest absolute Gasteiger partial charge is 0.250 e. The number of piperidine rings is 1. The molecule has 1 aliphatic rings. The molecular weight excluding hydrogens is 256 g/mol. The lowest BCUT2D eigenvalue weighted by Crippen LogP contribution is -2.47. The number of nitrogens with two attached hydrogens (primary N) is 2. The molecule has 0 saturated carbocycles. The summed E-state index contributed by atoms with van der Waals surface area (Å²) in [4.78, 5) is 24.8. The van der Waals surface area contributed by atoms with Gasteiger partial charge in [-0.1, -0.05) is 12.1 Å². The van der Waals surface area contributed by atoms with Gasteiger partial charge in [0.15, 0.2) is 0 Å². The molecule has 0 radical (unpaired) electrons. The Morgan fingerprint density at radius 2 is 1.85 bits per heavy atom. The average Bonchev–Trinajstić information content (AvgIpc) is 2.45. The molecule has 6 heteroatoms. The van der Waals surface area contributed by atoms with Crippen molar-refractivity contribution >= 4 is 17.5 Å². The summed E-state index contributed by atoms with van der Waals surface area (Å²) in [6.07, 6.45) is 1.81. The molecule has 1 fully saturated rings. The SMILES string of the molecule is NC(=O)CN(c1ccccc1C(N)=O)C1CCNCC1. The minimum Gasteiger partial charge on any atom is -0.368 e. The fraction of sp³-hybridized carbons (Fsp3) is 0.429. The van der Waals surface area contributed by atoms with E-state index in [0.717, 1.165) is 25.9 Å². The van der Waals surface area contributed by atoms with E-state index in [1.165, 1.54) is 0 Å². The Balaban J connectivity index is 2.34. The highest BCUT2D eigenvalue weighted by molar-refractivity contribution is 5.99. The number of carbonyl (C=O) groups excluding carboxylic acids is 2. The lowest BCUT2D eigenvalue weighted by atomic mass is 10.0. The first kappa shape index (κ1) is 14.3. The van der Waals surface area contributed by atoms with Crippen LogP contribution in [0, 0.1) is 0 Å². The van der Waals surface area contributed by atoms with Crippen LogP contribution in [0.5, 0.6) is 0 Å². The van der Waals surface area contributed by atoms with Crippen LogP contribution in [0.25, 0.3) is 0 Å². The Bertz CT molecular complexity index is 498. The number of hydrogen-bond acceptors (Lipinski definition) is 4. The number of primary amides is 2. The third-order valence-corrected chi connectivity index (χ3v) is 3.55. The second-order valence-corrected chi connectivity index (χ2v) is 4.96. The molecule has 0 bridgehead atoms. The molecule has 1 aromatic rings. The zero-order valence-electron chi connectivity index (χ0n) is 11.3. The number of para-hydroxylation sites is 1. The molecule has 1 saturated heterocycles. The van der Waals surface area contributed by atoms with E-state index in [-0.39, 0.29) is 12.6 Å². The average molecular weight is 276 g/mol. The van der Waals surface area contributed by atoms with Gasteiger partial charge in [-0.2, -0.15) is 0 Å². The number of anilines is 1. The quantitative estimate of drug-likeness (QED) is 0.695. The number of benzene rings is 1. The first-order chi connectivity index (χ1) is 9.59. The number of carbonyl (C=O) groups is 2. The molecule has 0 unspecified atom stereocenters. The van der Waals surface area contributed by atoms with Crippen LogP contribution in [0.1, 0.15) is 23.2 Å². The van der Waals surface area contributed by atoms with Gasteiger partial charge in [0.2, 0.25) is 5.91 Å². The molecule has 108 valence electrons. The number of nitrogens with zero attached hydrogens (tertiary/aromatic N) is 1. The van der Waals surface area contributed by atoms with Gasteiger partial charge < -0.3 is 21.7 Å². The maximum atomic E-state index is 11.6. The van der Waals surface area contributed by atoms with Crippen LogP contribution < -0.4 is 21.7 Å². The van der Waals surface area contributed by atoms with Gasteiger partial charge >= 0.3 is 0 Å². The molecule has 2 rings (SSSR count). The van der Waals surface area contributed by atoms with Crippen LogP contribution in [0.4, 0.5) is 5.69 Å². The van der Waals surface area contributed by atoms with E-state index in [1.807, 2.05) is 17.0 Å². The van der Waals surface area contributed by atoms with Crippen molar-refractivity contribution in [3.63, 3.8) is 0 Å². The maximum Gasteiger partial charge on any atom is 0.250 e. The molecule has 20 heavy (non-hydrogen) atoms. The van der Waals surface area contributed by atoms with Gasteiger partial charge in [0.05, 0.1) is 17.8 Å². The third-order valence-electron chi connectivity index (χ3n) is 3.55. The highest BCUT2D eigenvalue weighted by atomic mass is 16.1.